The monoisotopic (exact) mass is 686 g/mol. The average Bonchev–Trinajstić information content (AvgIpc) is 3.96. The van der Waals surface area contributed by atoms with Crippen molar-refractivity contribution >= 4 is 86.5 Å². The molecule has 8 aromatic rings. The van der Waals surface area contributed by atoms with Gasteiger partial charge in [0.25, 0.3) is 0 Å². The second-order valence-corrected chi connectivity index (χ2v) is 17.3. The summed E-state index contributed by atoms with van der Waals surface area (Å²) in [4.78, 5) is 2.92. The van der Waals surface area contributed by atoms with E-state index in [1.165, 1.54) is 83.5 Å². The Hall–Kier alpha value is -4.06. The van der Waals surface area contributed by atoms with Crippen LogP contribution in [0.15, 0.2) is 155 Å². The molecule has 2 aromatic heterocycles. The van der Waals surface area contributed by atoms with E-state index < -0.39 is 0 Å². The molecule has 2 unspecified atom stereocenters. The van der Waals surface area contributed by atoms with Gasteiger partial charge in [0.15, 0.2) is 0 Å². The van der Waals surface area contributed by atoms with Crippen LogP contribution in [0.1, 0.15) is 34.5 Å². The average molecular weight is 687 g/mol. The van der Waals surface area contributed by atoms with Crippen LogP contribution in [-0.4, -0.2) is 0 Å². The molecule has 4 heterocycles. The Labute approximate surface area is 296 Å². The number of hydrogen-bond acceptors (Lipinski definition) is 4. The fourth-order valence-corrected chi connectivity index (χ4v) is 12.1. The minimum atomic E-state index is 0.481. The van der Waals surface area contributed by atoms with Gasteiger partial charge in [0.05, 0.1) is 0 Å². The summed E-state index contributed by atoms with van der Waals surface area (Å²) in [5.41, 5.74) is 7.99. The number of thioether (sulfide) groups is 2. The van der Waals surface area contributed by atoms with Crippen LogP contribution in [0.25, 0.3) is 62.6 Å². The number of hydrogen-bond donors (Lipinski definition) is 0. The van der Waals surface area contributed by atoms with Crippen LogP contribution in [-0.2, 0) is 0 Å². The molecule has 2 aliphatic heterocycles. The van der Waals surface area contributed by atoms with E-state index in [4.69, 9.17) is 0 Å². The third-order valence-corrected chi connectivity index (χ3v) is 15.0. The molecule has 0 fully saturated rings. The molecule has 0 nitrogen and oxygen atoms in total. The van der Waals surface area contributed by atoms with Crippen molar-refractivity contribution in [3.63, 3.8) is 0 Å². The van der Waals surface area contributed by atoms with Crippen LogP contribution in [0.2, 0.25) is 0 Å². The fraction of sp³-hybridized carbons (Fsp3) is 0.0909. The minimum Gasteiger partial charge on any atom is -0.135 e. The van der Waals surface area contributed by atoms with Crippen molar-refractivity contribution in [2.75, 3.05) is 0 Å². The van der Waals surface area contributed by atoms with E-state index in [0.29, 0.717) is 10.5 Å². The number of thiophene rings is 2. The van der Waals surface area contributed by atoms with Crippen LogP contribution in [0, 0.1) is 0 Å². The van der Waals surface area contributed by atoms with Crippen LogP contribution < -0.4 is 0 Å². The molecule has 0 radical (unpaired) electrons. The van der Waals surface area contributed by atoms with Crippen molar-refractivity contribution in [1.29, 1.82) is 0 Å². The topological polar surface area (TPSA) is 0 Å². The highest BCUT2D eigenvalue weighted by Gasteiger charge is 2.27. The highest BCUT2D eigenvalue weighted by molar-refractivity contribution is 8.08. The highest BCUT2D eigenvalue weighted by Crippen LogP contribution is 2.55. The Morgan fingerprint density at radius 3 is 1.23 bits per heavy atom. The van der Waals surface area contributed by atoms with Gasteiger partial charge in [-0.25, -0.2) is 0 Å². The van der Waals surface area contributed by atoms with Gasteiger partial charge in [0, 0.05) is 60.7 Å². The van der Waals surface area contributed by atoms with Gasteiger partial charge in [-0.05, 0) is 82.6 Å². The van der Waals surface area contributed by atoms with E-state index in [9.17, 15) is 0 Å². The van der Waals surface area contributed by atoms with E-state index in [1.807, 2.05) is 46.2 Å². The Morgan fingerprint density at radius 2 is 0.771 bits per heavy atom. The maximum atomic E-state index is 2.47. The first-order valence-electron chi connectivity index (χ1n) is 16.5. The summed E-state index contributed by atoms with van der Waals surface area (Å²) in [5.74, 6) is 0. The summed E-state index contributed by atoms with van der Waals surface area (Å²) >= 11 is 7.84. The van der Waals surface area contributed by atoms with Crippen molar-refractivity contribution in [2.45, 2.75) is 23.3 Å². The number of rotatable bonds is 5. The summed E-state index contributed by atoms with van der Waals surface area (Å²) in [6.07, 6.45) is 7.11. The van der Waals surface area contributed by atoms with Gasteiger partial charge in [-0.2, -0.15) is 0 Å². The van der Waals surface area contributed by atoms with Gasteiger partial charge in [-0.1, -0.05) is 109 Å². The lowest BCUT2D eigenvalue weighted by atomic mass is 10.00. The summed E-state index contributed by atoms with van der Waals surface area (Å²) in [5, 5.41) is 6.40. The smallest absolute Gasteiger partial charge is 0.0379 e. The van der Waals surface area contributed by atoms with Gasteiger partial charge in [0.1, 0.15) is 0 Å². The van der Waals surface area contributed by atoms with Gasteiger partial charge >= 0.3 is 0 Å². The molecule has 10 rings (SSSR count). The Morgan fingerprint density at radius 1 is 0.375 bits per heavy atom. The lowest BCUT2D eigenvalue weighted by molar-refractivity contribution is 0.989. The third kappa shape index (κ3) is 5.05. The predicted molar refractivity (Wildman–Crippen MR) is 216 cm³/mol. The quantitative estimate of drug-likeness (QED) is 0.177. The molecule has 2 aliphatic rings. The largest absolute Gasteiger partial charge is 0.135 e. The summed E-state index contributed by atoms with van der Waals surface area (Å²) < 4.78 is 5.44. The molecule has 0 N–H and O–H groups in total. The second kappa shape index (κ2) is 11.8. The van der Waals surface area contributed by atoms with Gasteiger partial charge in [0.2, 0.25) is 0 Å². The Balaban J connectivity index is 0.804. The normalized spacial score (nSPS) is 17.9. The summed E-state index contributed by atoms with van der Waals surface area (Å²) in [6.45, 7) is 0. The van der Waals surface area contributed by atoms with Crippen LogP contribution in [0.4, 0.5) is 0 Å². The van der Waals surface area contributed by atoms with Crippen molar-refractivity contribution in [1.82, 2.24) is 0 Å². The molecule has 4 heteroatoms. The second-order valence-electron chi connectivity index (χ2n) is 12.7. The lowest BCUT2D eigenvalue weighted by Crippen LogP contribution is -1.90. The van der Waals surface area contributed by atoms with Crippen molar-refractivity contribution in [3.05, 3.63) is 167 Å². The molecule has 0 spiro atoms. The van der Waals surface area contributed by atoms with Crippen molar-refractivity contribution in [2.24, 2.45) is 0 Å². The lowest BCUT2D eigenvalue weighted by Gasteiger charge is -2.14. The molecule has 230 valence electrons. The molecule has 0 bridgehead atoms. The first kappa shape index (κ1) is 28.9. The van der Waals surface area contributed by atoms with Crippen LogP contribution >= 0.6 is 46.2 Å². The molecular weight excluding hydrogens is 657 g/mol. The number of fused-ring (bicyclic) bond motifs is 6. The molecular formula is C44H30S4. The Kier molecular flexibility index (Phi) is 7.12. The van der Waals surface area contributed by atoms with Crippen molar-refractivity contribution in [3.8, 4) is 22.3 Å². The molecule has 6 aromatic carbocycles. The van der Waals surface area contributed by atoms with Crippen LogP contribution in [0.5, 0.6) is 0 Å². The maximum Gasteiger partial charge on any atom is 0.0379 e. The minimum absolute atomic E-state index is 0.481. The number of allylic oxidation sites excluding steroid dienone is 2. The predicted octanol–water partition coefficient (Wildman–Crippen LogP) is 14.6. The molecule has 0 aliphatic carbocycles. The van der Waals surface area contributed by atoms with Crippen molar-refractivity contribution < 1.29 is 0 Å². The fourth-order valence-electron chi connectivity index (χ4n) is 7.24. The summed E-state index contributed by atoms with van der Waals surface area (Å²) in [6, 6.07) is 50.0. The molecule has 0 amide bonds. The van der Waals surface area contributed by atoms with E-state index >= 15 is 0 Å². The van der Waals surface area contributed by atoms with Gasteiger partial charge < -0.3 is 0 Å². The first-order chi connectivity index (χ1) is 23.7. The van der Waals surface area contributed by atoms with E-state index in [1.54, 1.807) is 0 Å². The molecule has 0 saturated carbocycles. The zero-order chi connectivity index (χ0) is 31.6. The summed E-state index contributed by atoms with van der Waals surface area (Å²) in [7, 11) is 0. The number of benzene rings is 6. The van der Waals surface area contributed by atoms with Gasteiger partial charge in [-0.3, -0.25) is 0 Å². The zero-order valence-corrected chi connectivity index (χ0v) is 29.3. The van der Waals surface area contributed by atoms with Crippen LogP contribution in [0.3, 0.4) is 0 Å². The van der Waals surface area contributed by atoms with E-state index in [-0.39, 0.29) is 0 Å². The standard InChI is InChI=1S/C44H30S4/c1-3-7-39-33(5-1)35-25-31(17-19-41(35)47-39)27-9-13-29(14-10-27)37-21-23-43(45-37)44-24-22-38(46-44)30-15-11-28(12-16-30)32-18-20-42-36(26-32)34-6-2-4-8-40(34)48-42/h1-20,23-26,37-38H,21-22H2. The Bertz CT molecular complexity index is 2380. The van der Waals surface area contributed by atoms with Gasteiger partial charge in [-0.15, -0.1) is 46.2 Å². The van der Waals surface area contributed by atoms with E-state index in [2.05, 4.69) is 146 Å². The first-order valence-corrected chi connectivity index (χ1v) is 19.9. The third-order valence-electron chi connectivity index (χ3n) is 9.80. The zero-order valence-electron chi connectivity index (χ0n) is 26.1. The van der Waals surface area contributed by atoms with E-state index in [0.717, 1.165) is 12.8 Å². The molecule has 48 heavy (non-hydrogen) atoms. The molecule has 2 atom stereocenters. The maximum absolute atomic E-state index is 2.47. The molecule has 0 saturated heterocycles. The highest BCUT2D eigenvalue weighted by atomic mass is 32.2. The SMILES string of the molecule is C1=C(C2=CCC(c3ccc(-c4ccc5sc6ccccc6c5c4)cc3)S2)SC(c2ccc(-c3ccc4sc5ccccc5c4c3)cc2)C1.